The number of hydrogen-bond donors (Lipinski definition) is 1. The molecule has 0 spiro atoms. The Balaban J connectivity index is 1.44. The molecule has 2 aliphatic heterocycles. The summed E-state index contributed by atoms with van der Waals surface area (Å²) in [5, 5.41) is 3.05. The Hall–Kier alpha value is -1.88. The highest BCUT2D eigenvalue weighted by molar-refractivity contribution is 5.88. The molecular weight excluding hydrogens is 314 g/mol. The molecule has 1 fully saturated rings. The average molecular weight is 343 g/mol. The average Bonchev–Trinajstić information content (AvgIpc) is 3.12. The Morgan fingerprint density at radius 3 is 2.80 bits per heavy atom. The zero-order valence-corrected chi connectivity index (χ0v) is 15.2. The maximum atomic E-state index is 12.5. The fourth-order valence-corrected chi connectivity index (χ4v) is 3.90. The van der Waals surface area contributed by atoms with Gasteiger partial charge in [-0.2, -0.15) is 0 Å². The lowest BCUT2D eigenvalue weighted by Crippen LogP contribution is -2.47. The van der Waals surface area contributed by atoms with E-state index in [0.717, 1.165) is 51.9 Å². The van der Waals surface area contributed by atoms with Gasteiger partial charge >= 0.3 is 0 Å². The van der Waals surface area contributed by atoms with E-state index in [1.165, 1.54) is 11.1 Å². The first-order valence-electron chi connectivity index (χ1n) is 9.55. The van der Waals surface area contributed by atoms with Crippen LogP contribution in [0.4, 0.5) is 0 Å². The Bertz CT molecular complexity index is 617. The molecule has 2 aliphatic rings. The molecule has 0 saturated carbocycles. The Morgan fingerprint density at radius 1 is 1.20 bits per heavy atom. The van der Waals surface area contributed by atoms with Crippen molar-refractivity contribution in [1.82, 2.24) is 15.1 Å². The number of amides is 2. The lowest BCUT2D eigenvalue weighted by molar-refractivity contribution is -0.138. The zero-order valence-electron chi connectivity index (χ0n) is 15.2. The summed E-state index contributed by atoms with van der Waals surface area (Å²) in [6.07, 6.45) is 4.16. The molecule has 136 valence electrons. The third-order valence-electron chi connectivity index (χ3n) is 5.28. The minimum absolute atomic E-state index is 0.0133. The van der Waals surface area contributed by atoms with Gasteiger partial charge in [0, 0.05) is 39.1 Å². The number of carbonyl (C=O) groups is 2. The molecule has 25 heavy (non-hydrogen) atoms. The fraction of sp³-hybridized carbons (Fsp3) is 0.600. The van der Waals surface area contributed by atoms with Gasteiger partial charge < -0.3 is 10.2 Å². The van der Waals surface area contributed by atoms with Crippen LogP contribution in [-0.4, -0.2) is 53.8 Å². The summed E-state index contributed by atoms with van der Waals surface area (Å²) in [5.74, 6) is 0.132. The van der Waals surface area contributed by atoms with E-state index in [-0.39, 0.29) is 17.9 Å². The third-order valence-corrected chi connectivity index (χ3v) is 5.28. The van der Waals surface area contributed by atoms with Gasteiger partial charge in [0.25, 0.3) is 0 Å². The quantitative estimate of drug-likeness (QED) is 0.859. The van der Waals surface area contributed by atoms with E-state index in [2.05, 4.69) is 34.5 Å². The second-order valence-corrected chi connectivity index (χ2v) is 7.08. The van der Waals surface area contributed by atoms with Crippen LogP contribution in [-0.2, 0) is 22.6 Å². The lowest BCUT2D eigenvalue weighted by Gasteiger charge is -2.29. The first-order chi connectivity index (χ1) is 12.2. The molecule has 1 aromatic carbocycles. The molecule has 1 N–H and O–H groups in total. The number of likely N-dealkylation sites (tertiary alicyclic amines) is 1. The van der Waals surface area contributed by atoms with Crippen LogP contribution in [0.15, 0.2) is 24.3 Å². The predicted octanol–water partition coefficient (Wildman–Crippen LogP) is 1.95. The van der Waals surface area contributed by atoms with E-state index in [9.17, 15) is 9.59 Å². The standard InChI is InChI=1S/C20H29N3O2/c1-2-6-19(24)23-12-5-9-18(23)20(25)21-11-14-22-13-10-16-7-3-4-8-17(16)15-22/h3-4,7-8,18H,2,5-6,9-15H2,1H3,(H,21,25)/t18-/m0/s1. The molecule has 3 rings (SSSR count). The number of carbonyl (C=O) groups excluding carboxylic acids is 2. The number of fused-ring (bicyclic) bond motifs is 1. The highest BCUT2D eigenvalue weighted by atomic mass is 16.2. The highest BCUT2D eigenvalue weighted by Gasteiger charge is 2.33. The molecule has 0 unspecified atom stereocenters. The van der Waals surface area contributed by atoms with Crippen LogP contribution in [0.2, 0.25) is 0 Å². The summed E-state index contributed by atoms with van der Waals surface area (Å²) in [4.78, 5) is 28.8. The van der Waals surface area contributed by atoms with Gasteiger partial charge in [0.1, 0.15) is 6.04 Å². The van der Waals surface area contributed by atoms with E-state index in [1.54, 1.807) is 4.90 Å². The second kappa shape index (κ2) is 8.48. The van der Waals surface area contributed by atoms with Gasteiger partial charge in [-0.1, -0.05) is 31.2 Å². The van der Waals surface area contributed by atoms with Crippen molar-refractivity contribution < 1.29 is 9.59 Å². The van der Waals surface area contributed by atoms with E-state index in [4.69, 9.17) is 0 Å². The van der Waals surface area contributed by atoms with Crippen molar-refractivity contribution in [2.75, 3.05) is 26.2 Å². The van der Waals surface area contributed by atoms with Gasteiger partial charge in [-0.3, -0.25) is 14.5 Å². The zero-order chi connectivity index (χ0) is 17.6. The molecule has 1 saturated heterocycles. The van der Waals surface area contributed by atoms with Gasteiger partial charge in [0.2, 0.25) is 11.8 Å². The van der Waals surface area contributed by atoms with Gasteiger partial charge in [0.15, 0.2) is 0 Å². The largest absolute Gasteiger partial charge is 0.353 e. The monoisotopic (exact) mass is 343 g/mol. The van der Waals surface area contributed by atoms with Crippen LogP contribution in [0.5, 0.6) is 0 Å². The number of nitrogens with zero attached hydrogens (tertiary/aromatic N) is 2. The van der Waals surface area contributed by atoms with Crippen LogP contribution in [0.25, 0.3) is 0 Å². The van der Waals surface area contributed by atoms with Crippen LogP contribution in [0.3, 0.4) is 0 Å². The van der Waals surface area contributed by atoms with Crippen molar-refractivity contribution in [3.8, 4) is 0 Å². The maximum absolute atomic E-state index is 12.5. The molecular formula is C20H29N3O2. The van der Waals surface area contributed by atoms with Crippen LogP contribution < -0.4 is 5.32 Å². The topological polar surface area (TPSA) is 52.7 Å². The van der Waals surface area contributed by atoms with Gasteiger partial charge in [-0.25, -0.2) is 0 Å². The summed E-state index contributed by atoms with van der Waals surface area (Å²) in [6.45, 7) is 6.22. The Morgan fingerprint density at radius 2 is 2.00 bits per heavy atom. The molecule has 1 aromatic rings. The van der Waals surface area contributed by atoms with Gasteiger partial charge in [-0.15, -0.1) is 0 Å². The molecule has 5 nitrogen and oxygen atoms in total. The Labute approximate surface area is 150 Å². The van der Waals surface area contributed by atoms with Gasteiger partial charge in [-0.05, 0) is 36.8 Å². The third kappa shape index (κ3) is 4.40. The van der Waals surface area contributed by atoms with Gasteiger partial charge in [0.05, 0.1) is 0 Å². The normalized spacial score (nSPS) is 20.4. The highest BCUT2D eigenvalue weighted by Crippen LogP contribution is 2.19. The fourth-order valence-electron chi connectivity index (χ4n) is 3.90. The SMILES string of the molecule is CCCC(=O)N1CCC[C@H]1C(=O)NCCN1CCc2ccccc2C1. The summed E-state index contributed by atoms with van der Waals surface area (Å²) in [7, 11) is 0. The minimum Gasteiger partial charge on any atom is -0.353 e. The molecule has 2 heterocycles. The van der Waals surface area contributed by atoms with Crippen molar-refractivity contribution in [1.29, 1.82) is 0 Å². The smallest absolute Gasteiger partial charge is 0.242 e. The first kappa shape index (κ1) is 17.9. The molecule has 1 atom stereocenters. The number of rotatable bonds is 6. The molecule has 0 aromatic heterocycles. The molecule has 5 heteroatoms. The summed E-state index contributed by atoms with van der Waals surface area (Å²) < 4.78 is 0. The number of nitrogens with one attached hydrogen (secondary N) is 1. The second-order valence-electron chi connectivity index (χ2n) is 7.08. The maximum Gasteiger partial charge on any atom is 0.242 e. The van der Waals surface area contributed by atoms with E-state index >= 15 is 0 Å². The van der Waals surface area contributed by atoms with Crippen LogP contribution in [0, 0.1) is 0 Å². The first-order valence-corrected chi connectivity index (χ1v) is 9.55. The van der Waals surface area contributed by atoms with E-state index in [1.807, 2.05) is 6.92 Å². The van der Waals surface area contributed by atoms with E-state index < -0.39 is 0 Å². The van der Waals surface area contributed by atoms with Crippen LogP contribution >= 0.6 is 0 Å². The van der Waals surface area contributed by atoms with E-state index in [0.29, 0.717) is 13.0 Å². The Kier molecular flexibility index (Phi) is 6.08. The predicted molar refractivity (Wildman–Crippen MR) is 98.1 cm³/mol. The molecule has 0 bridgehead atoms. The lowest BCUT2D eigenvalue weighted by atomic mass is 10.00. The van der Waals surface area contributed by atoms with Crippen molar-refractivity contribution in [3.63, 3.8) is 0 Å². The molecule has 0 radical (unpaired) electrons. The van der Waals surface area contributed by atoms with Crippen molar-refractivity contribution in [2.24, 2.45) is 0 Å². The summed E-state index contributed by atoms with van der Waals surface area (Å²) >= 11 is 0. The summed E-state index contributed by atoms with van der Waals surface area (Å²) in [5.41, 5.74) is 2.84. The van der Waals surface area contributed by atoms with Crippen molar-refractivity contribution in [2.45, 2.75) is 51.6 Å². The molecule has 0 aliphatic carbocycles. The number of benzene rings is 1. The van der Waals surface area contributed by atoms with Crippen LogP contribution in [0.1, 0.15) is 43.7 Å². The van der Waals surface area contributed by atoms with Crippen molar-refractivity contribution >= 4 is 11.8 Å². The molecule has 2 amide bonds. The van der Waals surface area contributed by atoms with Crippen molar-refractivity contribution in [3.05, 3.63) is 35.4 Å². The minimum atomic E-state index is -0.263. The summed E-state index contributed by atoms with van der Waals surface area (Å²) in [6, 6.07) is 8.32. The number of hydrogen-bond acceptors (Lipinski definition) is 3.